The molecule has 3 nitrogen and oxygen atoms in total. The largest absolute Gasteiger partial charge is 0.348 e. The van der Waals surface area contributed by atoms with Crippen molar-refractivity contribution < 1.29 is 0 Å². The fourth-order valence-electron chi connectivity index (χ4n) is 2.52. The summed E-state index contributed by atoms with van der Waals surface area (Å²) in [6.45, 7) is 12.3. The number of thiazole rings is 1. The van der Waals surface area contributed by atoms with E-state index in [4.69, 9.17) is 4.98 Å². The van der Waals surface area contributed by atoms with Crippen LogP contribution in [0.4, 0.5) is 5.13 Å². The molecule has 0 bridgehead atoms. The van der Waals surface area contributed by atoms with E-state index in [1.54, 1.807) is 0 Å². The highest BCUT2D eigenvalue weighted by molar-refractivity contribution is 7.15. The van der Waals surface area contributed by atoms with Crippen molar-refractivity contribution in [2.75, 3.05) is 11.9 Å². The maximum absolute atomic E-state index is 4.99. The van der Waals surface area contributed by atoms with Gasteiger partial charge in [-0.3, -0.25) is 0 Å². The van der Waals surface area contributed by atoms with E-state index in [-0.39, 0.29) is 5.41 Å². The molecule has 4 heteroatoms. The molecule has 0 radical (unpaired) electrons. The van der Waals surface area contributed by atoms with Gasteiger partial charge in [0, 0.05) is 36.0 Å². The van der Waals surface area contributed by atoms with Crippen LogP contribution in [0.1, 0.15) is 70.9 Å². The molecule has 1 aliphatic carbocycles. The SMILES string of the molecule is CCCC(C)N(C)c1nc(C(C)(C)C)c(CNC2CC2)s1. The van der Waals surface area contributed by atoms with Crippen LogP contribution in [0.2, 0.25) is 0 Å². The molecular weight excluding hydrogens is 278 g/mol. The lowest BCUT2D eigenvalue weighted by atomic mass is 9.91. The summed E-state index contributed by atoms with van der Waals surface area (Å²) in [5, 5.41) is 4.82. The van der Waals surface area contributed by atoms with Crippen molar-refractivity contribution in [3.8, 4) is 0 Å². The maximum Gasteiger partial charge on any atom is 0.185 e. The van der Waals surface area contributed by atoms with Gasteiger partial charge in [-0.15, -0.1) is 11.3 Å². The van der Waals surface area contributed by atoms with Gasteiger partial charge in [-0.2, -0.15) is 0 Å². The highest BCUT2D eigenvalue weighted by Crippen LogP contribution is 2.35. The van der Waals surface area contributed by atoms with Crippen LogP contribution in [0.5, 0.6) is 0 Å². The second-order valence-corrected chi connectivity index (χ2v) is 8.48. The first-order valence-electron chi connectivity index (χ1n) is 8.29. The molecule has 0 aliphatic heterocycles. The molecule has 0 saturated heterocycles. The van der Waals surface area contributed by atoms with Gasteiger partial charge >= 0.3 is 0 Å². The molecule has 1 aromatic heterocycles. The monoisotopic (exact) mass is 309 g/mol. The van der Waals surface area contributed by atoms with Gasteiger partial charge in [0.1, 0.15) is 0 Å². The van der Waals surface area contributed by atoms with Crippen LogP contribution in [0.25, 0.3) is 0 Å². The summed E-state index contributed by atoms with van der Waals surface area (Å²) in [5.74, 6) is 0. The molecule has 1 heterocycles. The average Bonchev–Trinajstić information content (AvgIpc) is 3.12. The Labute approximate surface area is 134 Å². The predicted molar refractivity (Wildman–Crippen MR) is 93.4 cm³/mol. The van der Waals surface area contributed by atoms with Gasteiger partial charge < -0.3 is 10.2 Å². The Morgan fingerprint density at radius 3 is 2.57 bits per heavy atom. The third kappa shape index (κ3) is 4.43. The Morgan fingerprint density at radius 1 is 1.38 bits per heavy atom. The number of hydrogen-bond acceptors (Lipinski definition) is 4. The van der Waals surface area contributed by atoms with Crippen molar-refractivity contribution in [3.05, 3.63) is 10.6 Å². The Hall–Kier alpha value is -0.610. The van der Waals surface area contributed by atoms with Crippen LogP contribution in [-0.4, -0.2) is 24.1 Å². The second-order valence-electron chi connectivity index (χ2n) is 7.42. The standard InChI is InChI=1S/C17H31N3S/c1-7-8-12(2)20(6)16-19-15(17(3,4)5)14(21-16)11-18-13-9-10-13/h12-13,18H,7-11H2,1-6H3. The van der Waals surface area contributed by atoms with Crippen LogP contribution < -0.4 is 10.2 Å². The first-order valence-corrected chi connectivity index (χ1v) is 9.11. The molecule has 1 atom stereocenters. The summed E-state index contributed by atoms with van der Waals surface area (Å²) in [7, 11) is 2.18. The molecule has 0 amide bonds. The summed E-state index contributed by atoms with van der Waals surface area (Å²) in [5.41, 5.74) is 1.38. The molecule has 120 valence electrons. The van der Waals surface area contributed by atoms with E-state index >= 15 is 0 Å². The average molecular weight is 310 g/mol. The van der Waals surface area contributed by atoms with Crippen molar-refractivity contribution in [3.63, 3.8) is 0 Å². The molecule has 1 unspecified atom stereocenters. The van der Waals surface area contributed by atoms with Gasteiger partial charge in [0.25, 0.3) is 0 Å². The van der Waals surface area contributed by atoms with E-state index in [9.17, 15) is 0 Å². The summed E-state index contributed by atoms with van der Waals surface area (Å²) >= 11 is 1.87. The summed E-state index contributed by atoms with van der Waals surface area (Å²) in [6.07, 6.45) is 5.11. The normalized spacial score (nSPS) is 17.0. The highest BCUT2D eigenvalue weighted by Gasteiger charge is 2.27. The van der Waals surface area contributed by atoms with Gasteiger partial charge in [-0.25, -0.2) is 4.98 Å². The lowest BCUT2D eigenvalue weighted by molar-refractivity contribution is 0.556. The van der Waals surface area contributed by atoms with E-state index in [2.05, 4.69) is 51.9 Å². The van der Waals surface area contributed by atoms with Crippen molar-refractivity contribution in [1.29, 1.82) is 0 Å². The minimum Gasteiger partial charge on any atom is -0.348 e. The number of hydrogen-bond donors (Lipinski definition) is 1. The molecule has 0 aromatic carbocycles. The summed E-state index contributed by atoms with van der Waals surface area (Å²) < 4.78 is 0. The minimum absolute atomic E-state index is 0.115. The molecule has 1 N–H and O–H groups in total. The zero-order chi connectivity index (χ0) is 15.6. The molecule has 0 spiro atoms. The Bertz CT molecular complexity index is 457. The number of anilines is 1. The lowest BCUT2D eigenvalue weighted by Crippen LogP contribution is -2.28. The zero-order valence-corrected chi connectivity index (χ0v) is 15.3. The molecule has 2 rings (SSSR count). The van der Waals surface area contributed by atoms with E-state index in [0.29, 0.717) is 6.04 Å². The predicted octanol–water partition coefficient (Wildman–Crippen LogP) is 4.32. The lowest BCUT2D eigenvalue weighted by Gasteiger charge is -2.24. The van der Waals surface area contributed by atoms with Crippen LogP contribution in [-0.2, 0) is 12.0 Å². The third-order valence-corrected chi connectivity index (χ3v) is 5.34. The first kappa shape index (κ1) is 16.8. The van der Waals surface area contributed by atoms with Crippen molar-refractivity contribution in [1.82, 2.24) is 10.3 Å². The van der Waals surface area contributed by atoms with Gasteiger partial charge in [0.05, 0.1) is 5.69 Å². The maximum atomic E-state index is 4.99. The quantitative estimate of drug-likeness (QED) is 0.813. The zero-order valence-electron chi connectivity index (χ0n) is 14.5. The van der Waals surface area contributed by atoms with Crippen LogP contribution in [0.15, 0.2) is 0 Å². The van der Waals surface area contributed by atoms with Gasteiger partial charge in [-0.1, -0.05) is 34.1 Å². The van der Waals surface area contributed by atoms with Crippen molar-refractivity contribution >= 4 is 16.5 Å². The summed E-state index contributed by atoms with van der Waals surface area (Å²) in [4.78, 5) is 8.76. The molecule has 1 aromatic rings. The highest BCUT2D eigenvalue weighted by atomic mass is 32.1. The molecular formula is C17H31N3S. The van der Waals surface area contributed by atoms with Crippen LogP contribution in [0, 0.1) is 0 Å². The van der Waals surface area contributed by atoms with E-state index in [1.165, 1.54) is 41.4 Å². The number of nitrogens with zero attached hydrogens (tertiary/aromatic N) is 2. The second kappa shape index (κ2) is 6.66. The van der Waals surface area contributed by atoms with Crippen LogP contribution in [0.3, 0.4) is 0 Å². The smallest absolute Gasteiger partial charge is 0.185 e. The van der Waals surface area contributed by atoms with E-state index in [1.807, 2.05) is 11.3 Å². The number of aromatic nitrogens is 1. The Morgan fingerprint density at radius 2 is 2.05 bits per heavy atom. The third-order valence-electron chi connectivity index (χ3n) is 4.19. The first-order chi connectivity index (χ1) is 9.82. The van der Waals surface area contributed by atoms with Gasteiger partial charge in [0.2, 0.25) is 0 Å². The Balaban J connectivity index is 2.17. The number of rotatable bonds is 7. The molecule has 21 heavy (non-hydrogen) atoms. The topological polar surface area (TPSA) is 28.2 Å². The van der Waals surface area contributed by atoms with Crippen LogP contribution >= 0.6 is 11.3 Å². The molecule has 1 fully saturated rings. The molecule has 1 aliphatic rings. The van der Waals surface area contributed by atoms with Gasteiger partial charge in [-0.05, 0) is 26.2 Å². The van der Waals surface area contributed by atoms with Crippen molar-refractivity contribution in [2.24, 2.45) is 0 Å². The fraction of sp³-hybridized carbons (Fsp3) is 0.824. The van der Waals surface area contributed by atoms with Crippen molar-refractivity contribution in [2.45, 2.75) is 84.3 Å². The number of nitrogens with one attached hydrogen (secondary N) is 1. The molecule has 1 saturated carbocycles. The van der Waals surface area contributed by atoms with Gasteiger partial charge in [0.15, 0.2) is 5.13 Å². The summed E-state index contributed by atoms with van der Waals surface area (Å²) in [6, 6.07) is 1.30. The Kier molecular flexibility index (Phi) is 5.31. The van der Waals surface area contributed by atoms with E-state index in [0.717, 1.165) is 12.6 Å². The fourth-order valence-corrected chi connectivity index (χ4v) is 3.81. The minimum atomic E-state index is 0.115. The van der Waals surface area contributed by atoms with E-state index < -0.39 is 0 Å².